The summed E-state index contributed by atoms with van der Waals surface area (Å²) in [5.74, 6) is -0.493. The van der Waals surface area contributed by atoms with Crippen LogP contribution in [0.15, 0.2) is 12.1 Å². The van der Waals surface area contributed by atoms with E-state index in [1.165, 1.54) is 6.07 Å². The first-order chi connectivity index (χ1) is 7.45. The van der Waals surface area contributed by atoms with E-state index < -0.39 is 5.82 Å². The second-order valence-electron chi connectivity index (χ2n) is 4.41. The Balaban J connectivity index is 3.00. The summed E-state index contributed by atoms with van der Waals surface area (Å²) >= 11 is 0. The lowest BCUT2D eigenvalue weighted by Gasteiger charge is -2.10. The second-order valence-corrected chi connectivity index (χ2v) is 4.41. The Morgan fingerprint density at radius 3 is 2.56 bits per heavy atom. The lowest BCUT2D eigenvalue weighted by atomic mass is 9.95. The van der Waals surface area contributed by atoms with Gasteiger partial charge in [-0.05, 0) is 43.5 Å². The monoisotopic (exact) mass is 223 g/mol. The number of Topliss-reactive ketones (excluding diaryl/α,β-unsaturated/α-hetero) is 1. The predicted molar refractivity (Wildman–Crippen MR) is 63.0 cm³/mol. The summed E-state index contributed by atoms with van der Waals surface area (Å²) in [7, 11) is 0. The van der Waals surface area contributed by atoms with Crippen molar-refractivity contribution < 1.29 is 9.18 Å². The highest BCUT2D eigenvalue weighted by molar-refractivity contribution is 5.97. The van der Waals surface area contributed by atoms with E-state index in [4.69, 9.17) is 5.73 Å². The molecule has 2 N–H and O–H groups in total. The molecule has 1 aromatic rings. The largest absolute Gasteiger partial charge is 0.330 e. The Morgan fingerprint density at radius 1 is 1.44 bits per heavy atom. The first kappa shape index (κ1) is 12.8. The number of hydrogen-bond donors (Lipinski definition) is 1. The van der Waals surface area contributed by atoms with Crippen LogP contribution in [0, 0.1) is 25.6 Å². The summed E-state index contributed by atoms with van der Waals surface area (Å²) in [5.41, 5.74) is 7.20. The van der Waals surface area contributed by atoms with Gasteiger partial charge in [0.15, 0.2) is 5.78 Å². The maximum atomic E-state index is 13.7. The highest BCUT2D eigenvalue weighted by atomic mass is 19.1. The van der Waals surface area contributed by atoms with Crippen molar-refractivity contribution in [3.63, 3.8) is 0 Å². The summed E-state index contributed by atoms with van der Waals surface area (Å²) < 4.78 is 13.7. The third kappa shape index (κ3) is 2.89. The predicted octanol–water partition coefficient (Wildman–Crippen LogP) is 2.61. The summed E-state index contributed by atoms with van der Waals surface area (Å²) in [6.07, 6.45) is 0.303. The zero-order chi connectivity index (χ0) is 12.3. The fraction of sp³-hybridized carbons (Fsp3) is 0.462. The highest BCUT2D eigenvalue weighted by Crippen LogP contribution is 2.19. The molecule has 2 nitrogen and oxygen atoms in total. The molecule has 0 radical (unpaired) electrons. The molecule has 0 aliphatic rings. The van der Waals surface area contributed by atoms with Crippen molar-refractivity contribution in [1.29, 1.82) is 0 Å². The van der Waals surface area contributed by atoms with E-state index in [9.17, 15) is 9.18 Å². The molecule has 0 bridgehead atoms. The molecule has 0 saturated carbocycles. The Labute approximate surface area is 95.7 Å². The Hall–Kier alpha value is -1.22. The molecule has 0 aliphatic carbocycles. The minimum absolute atomic E-state index is 0.0904. The number of aryl methyl sites for hydroxylation is 2. The summed E-state index contributed by atoms with van der Waals surface area (Å²) in [5, 5.41) is 0. The molecule has 1 atom stereocenters. The van der Waals surface area contributed by atoms with E-state index in [2.05, 4.69) is 0 Å². The number of rotatable bonds is 4. The van der Waals surface area contributed by atoms with Crippen molar-refractivity contribution in [2.45, 2.75) is 27.2 Å². The maximum Gasteiger partial charge on any atom is 0.166 e. The molecule has 88 valence electrons. The number of benzene rings is 1. The molecule has 1 unspecified atom stereocenters. The molecule has 0 amide bonds. The quantitative estimate of drug-likeness (QED) is 0.797. The van der Waals surface area contributed by atoms with Gasteiger partial charge in [-0.2, -0.15) is 0 Å². The van der Waals surface area contributed by atoms with Crippen LogP contribution in [0.5, 0.6) is 0 Å². The normalized spacial score (nSPS) is 12.6. The third-order valence-corrected chi connectivity index (χ3v) is 2.65. The number of halogens is 1. The molecule has 3 heteroatoms. The van der Waals surface area contributed by atoms with E-state index in [0.29, 0.717) is 18.5 Å². The summed E-state index contributed by atoms with van der Waals surface area (Å²) in [4.78, 5) is 11.9. The zero-order valence-corrected chi connectivity index (χ0v) is 10.0. The van der Waals surface area contributed by atoms with Crippen molar-refractivity contribution >= 4 is 5.78 Å². The van der Waals surface area contributed by atoms with Crippen molar-refractivity contribution in [3.05, 3.63) is 34.6 Å². The first-order valence-corrected chi connectivity index (χ1v) is 5.45. The number of carbonyl (C=O) groups excluding carboxylic acids is 1. The number of hydrogen-bond acceptors (Lipinski definition) is 2. The number of nitrogens with two attached hydrogens (primary N) is 1. The molecule has 0 aromatic heterocycles. The van der Waals surface area contributed by atoms with Crippen molar-refractivity contribution in [1.82, 2.24) is 0 Å². The first-order valence-electron chi connectivity index (χ1n) is 5.45. The molecular formula is C13H18FNO. The zero-order valence-electron chi connectivity index (χ0n) is 10.0. The van der Waals surface area contributed by atoms with E-state index in [1.807, 2.05) is 19.9 Å². The molecule has 0 fully saturated rings. The van der Waals surface area contributed by atoms with Crippen LogP contribution in [0.2, 0.25) is 0 Å². The van der Waals surface area contributed by atoms with Gasteiger partial charge < -0.3 is 5.73 Å². The van der Waals surface area contributed by atoms with E-state index in [-0.39, 0.29) is 17.3 Å². The van der Waals surface area contributed by atoms with Gasteiger partial charge in [0, 0.05) is 6.42 Å². The molecule has 1 aromatic carbocycles. The maximum absolute atomic E-state index is 13.7. The summed E-state index contributed by atoms with van der Waals surface area (Å²) in [6.45, 7) is 5.90. The van der Waals surface area contributed by atoms with Crippen LogP contribution in [0.25, 0.3) is 0 Å². The van der Waals surface area contributed by atoms with Gasteiger partial charge in [-0.3, -0.25) is 4.79 Å². The lowest BCUT2D eigenvalue weighted by Crippen LogP contribution is -2.16. The number of ketones is 1. The Kier molecular flexibility index (Phi) is 4.19. The SMILES string of the molecule is Cc1cc(C)c(C(=O)CC(C)CN)c(F)c1. The van der Waals surface area contributed by atoms with Crippen LogP contribution in [-0.4, -0.2) is 12.3 Å². The van der Waals surface area contributed by atoms with Gasteiger partial charge in [-0.25, -0.2) is 4.39 Å². The molecule has 0 aliphatic heterocycles. The van der Waals surface area contributed by atoms with Gasteiger partial charge in [0.2, 0.25) is 0 Å². The average Bonchev–Trinajstić information content (AvgIpc) is 2.15. The van der Waals surface area contributed by atoms with Crippen molar-refractivity contribution in [2.75, 3.05) is 6.54 Å². The van der Waals surface area contributed by atoms with Gasteiger partial charge >= 0.3 is 0 Å². The molecule has 0 saturated heterocycles. The molecular weight excluding hydrogens is 205 g/mol. The van der Waals surface area contributed by atoms with Gasteiger partial charge in [-0.15, -0.1) is 0 Å². The molecule has 1 rings (SSSR count). The van der Waals surface area contributed by atoms with Crippen LogP contribution in [-0.2, 0) is 0 Å². The van der Waals surface area contributed by atoms with Crippen LogP contribution in [0.1, 0.15) is 34.8 Å². The average molecular weight is 223 g/mol. The van der Waals surface area contributed by atoms with Crippen molar-refractivity contribution in [2.24, 2.45) is 11.7 Å². The fourth-order valence-electron chi connectivity index (χ4n) is 1.77. The second kappa shape index (κ2) is 5.21. The van der Waals surface area contributed by atoms with Crippen LogP contribution in [0.3, 0.4) is 0 Å². The Bertz CT molecular complexity index is 378. The van der Waals surface area contributed by atoms with Crippen LogP contribution >= 0.6 is 0 Å². The van der Waals surface area contributed by atoms with Crippen LogP contribution < -0.4 is 5.73 Å². The van der Waals surface area contributed by atoms with Gasteiger partial charge in [-0.1, -0.05) is 13.0 Å². The van der Waals surface area contributed by atoms with E-state index in [1.54, 1.807) is 6.92 Å². The smallest absolute Gasteiger partial charge is 0.166 e. The number of carbonyl (C=O) groups is 1. The molecule has 16 heavy (non-hydrogen) atoms. The standard InChI is InChI=1S/C13H18FNO/c1-8-4-10(3)13(11(14)5-8)12(16)6-9(2)7-15/h4-5,9H,6-7,15H2,1-3H3. The van der Waals surface area contributed by atoms with Gasteiger partial charge in [0.25, 0.3) is 0 Å². The third-order valence-electron chi connectivity index (χ3n) is 2.65. The lowest BCUT2D eigenvalue weighted by molar-refractivity contribution is 0.0961. The van der Waals surface area contributed by atoms with Crippen molar-refractivity contribution in [3.8, 4) is 0 Å². The van der Waals surface area contributed by atoms with Gasteiger partial charge in [0.05, 0.1) is 5.56 Å². The van der Waals surface area contributed by atoms with Crippen LogP contribution in [0.4, 0.5) is 4.39 Å². The fourth-order valence-corrected chi connectivity index (χ4v) is 1.77. The topological polar surface area (TPSA) is 43.1 Å². The van der Waals surface area contributed by atoms with E-state index in [0.717, 1.165) is 5.56 Å². The minimum atomic E-state index is -0.424. The van der Waals surface area contributed by atoms with E-state index >= 15 is 0 Å². The minimum Gasteiger partial charge on any atom is -0.330 e. The highest BCUT2D eigenvalue weighted by Gasteiger charge is 2.17. The summed E-state index contributed by atoms with van der Waals surface area (Å²) in [6, 6.07) is 3.22. The molecule has 0 spiro atoms. The molecule has 0 heterocycles. The Morgan fingerprint density at radius 2 is 2.06 bits per heavy atom. The van der Waals surface area contributed by atoms with Gasteiger partial charge in [0.1, 0.15) is 5.82 Å².